The molecule has 1 aliphatic heterocycles. The van der Waals surface area contributed by atoms with E-state index in [1.807, 2.05) is 0 Å². The average molecular weight is 224 g/mol. The molecule has 0 radical (unpaired) electrons. The molecule has 0 amide bonds. The highest BCUT2D eigenvalue weighted by molar-refractivity contribution is 4.92. The normalized spacial score (nSPS) is 31.3. The highest BCUT2D eigenvalue weighted by atomic mass is 15.2. The van der Waals surface area contributed by atoms with E-state index in [9.17, 15) is 0 Å². The average Bonchev–Trinajstić information content (AvgIpc) is 2.14. The number of rotatable bonds is 4. The Morgan fingerprint density at radius 2 is 2.06 bits per heavy atom. The zero-order valence-electron chi connectivity index (χ0n) is 11.3. The van der Waals surface area contributed by atoms with Gasteiger partial charge in [-0.2, -0.15) is 0 Å². The van der Waals surface area contributed by atoms with Gasteiger partial charge in [-0.05, 0) is 39.2 Å². The molecule has 0 aromatic heterocycles. The summed E-state index contributed by atoms with van der Waals surface area (Å²) in [7, 11) is 0. The first kappa shape index (κ1) is 12.4. The van der Waals surface area contributed by atoms with Gasteiger partial charge in [0.25, 0.3) is 0 Å². The van der Waals surface area contributed by atoms with E-state index in [4.69, 9.17) is 0 Å². The first-order valence-electron chi connectivity index (χ1n) is 7.10. The predicted octanol–water partition coefficient (Wildman–Crippen LogP) is 2.64. The maximum absolute atomic E-state index is 3.66. The standard InChI is InChI=1S/C14H28N2/c1-4-13-10-15-14(2,3)11-16(13)9-8-12-6-5-7-12/h12-13,15H,4-11H2,1-3H3. The minimum atomic E-state index is 0.311. The lowest BCUT2D eigenvalue weighted by molar-refractivity contribution is 0.0812. The van der Waals surface area contributed by atoms with Crippen LogP contribution in [0, 0.1) is 5.92 Å². The van der Waals surface area contributed by atoms with Gasteiger partial charge in [0, 0.05) is 24.7 Å². The number of nitrogens with one attached hydrogen (secondary N) is 1. The third kappa shape index (κ3) is 2.98. The van der Waals surface area contributed by atoms with Crippen molar-refractivity contribution in [2.24, 2.45) is 5.92 Å². The summed E-state index contributed by atoms with van der Waals surface area (Å²) >= 11 is 0. The molecule has 0 aromatic rings. The Kier molecular flexibility index (Phi) is 3.91. The van der Waals surface area contributed by atoms with Crippen LogP contribution in [0.4, 0.5) is 0 Å². The lowest BCUT2D eigenvalue weighted by Crippen LogP contribution is -2.61. The molecule has 2 fully saturated rings. The quantitative estimate of drug-likeness (QED) is 0.790. The number of hydrogen-bond acceptors (Lipinski definition) is 2. The molecule has 0 bridgehead atoms. The third-order valence-corrected chi connectivity index (χ3v) is 4.45. The van der Waals surface area contributed by atoms with Gasteiger partial charge in [0.1, 0.15) is 0 Å². The molecule has 2 rings (SSSR count). The highest BCUT2D eigenvalue weighted by Crippen LogP contribution is 2.30. The van der Waals surface area contributed by atoms with Crippen molar-refractivity contribution in [3.05, 3.63) is 0 Å². The first-order valence-corrected chi connectivity index (χ1v) is 7.10. The second kappa shape index (κ2) is 5.05. The zero-order valence-corrected chi connectivity index (χ0v) is 11.3. The Hall–Kier alpha value is -0.0800. The summed E-state index contributed by atoms with van der Waals surface area (Å²) < 4.78 is 0. The van der Waals surface area contributed by atoms with Crippen LogP contribution < -0.4 is 5.32 Å². The summed E-state index contributed by atoms with van der Waals surface area (Å²) in [5.74, 6) is 1.05. The number of nitrogens with zero attached hydrogens (tertiary/aromatic N) is 1. The fraction of sp³-hybridized carbons (Fsp3) is 1.00. The van der Waals surface area contributed by atoms with E-state index in [0.717, 1.165) is 12.0 Å². The fourth-order valence-corrected chi connectivity index (χ4v) is 3.01. The van der Waals surface area contributed by atoms with Gasteiger partial charge >= 0.3 is 0 Å². The van der Waals surface area contributed by atoms with E-state index in [-0.39, 0.29) is 0 Å². The summed E-state index contributed by atoms with van der Waals surface area (Å²) in [4.78, 5) is 2.73. The van der Waals surface area contributed by atoms with Gasteiger partial charge in [0.2, 0.25) is 0 Å². The predicted molar refractivity (Wildman–Crippen MR) is 69.7 cm³/mol. The summed E-state index contributed by atoms with van der Waals surface area (Å²) in [5.41, 5.74) is 0.311. The van der Waals surface area contributed by atoms with E-state index in [2.05, 4.69) is 31.0 Å². The first-order chi connectivity index (χ1) is 7.61. The van der Waals surface area contributed by atoms with Gasteiger partial charge in [0.15, 0.2) is 0 Å². The monoisotopic (exact) mass is 224 g/mol. The van der Waals surface area contributed by atoms with Gasteiger partial charge in [-0.15, -0.1) is 0 Å². The van der Waals surface area contributed by atoms with Crippen LogP contribution in [0.25, 0.3) is 0 Å². The molecule has 0 spiro atoms. The van der Waals surface area contributed by atoms with E-state index in [1.165, 1.54) is 51.7 Å². The maximum atomic E-state index is 3.66. The van der Waals surface area contributed by atoms with E-state index >= 15 is 0 Å². The molecule has 1 atom stereocenters. The summed E-state index contributed by atoms with van der Waals surface area (Å²) in [6.45, 7) is 10.7. The lowest BCUT2D eigenvalue weighted by Gasteiger charge is -2.45. The maximum Gasteiger partial charge on any atom is 0.0252 e. The van der Waals surface area contributed by atoms with Crippen LogP contribution in [0.5, 0.6) is 0 Å². The smallest absolute Gasteiger partial charge is 0.0252 e. The Bertz CT molecular complexity index is 221. The summed E-state index contributed by atoms with van der Waals surface area (Å²) in [6.07, 6.45) is 7.19. The van der Waals surface area contributed by atoms with Crippen LogP contribution in [0.2, 0.25) is 0 Å². The molecule has 1 heterocycles. The van der Waals surface area contributed by atoms with Crippen molar-refractivity contribution in [3.8, 4) is 0 Å². The lowest BCUT2D eigenvalue weighted by atomic mass is 9.82. The van der Waals surface area contributed by atoms with Gasteiger partial charge < -0.3 is 5.32 Å². The van der Waals surface area contributed by atoms with E-state index in [1.54, 1.807) is 0 Å². The van der Waals surface area contributed by atoms with E-state index < -0.39 is 0 Å². The van der Waals surface area contributed by atoms with Gasteiger partial charge in [-0.1, -0.05) is 26.2 Å². The van der Waals surface area contributed by atoms with Crippen molar-refractivity contribution in [2.45, 2.75) is 64.5 Å². The minimum Gasteiger partial charge on any atom is -0.309 e. The Labute approximate surface area is 101 Å². The Morgan fingerprint density at radius 1 is 1.31 bits per heavy atom. The molecule has 2 heteroatoms. The molecule has 94 valence electrons. The molecule has 1 saturated heterocycles. The molecule has 1 aliphatic carbocycles. The van der Waals surface area contributed by atoms with Gasteiger partial charge in [0.05, 0.1) is 0 Å². The minimum absolute atomic E-state index is 0.311. The van der Waals surface area contributed by atoms with Crippen LogP contribution in [-0.2, 0) is 0 Å². The molecule has 2 aliphatic rings. The van der Waals surface area contributed by atoms with Crippen LogP contribution in [0.3, 0.4) is 0 Å². The van der Waals surface area contributed by atoms with Crippen molar-refractivity contribution in [2.75, 3.05) is 19.6 Å². The topological polar surface area (TPSA) is 15.3 Å². The molecular weight excluding hydrogens is 196 g/mol. The van der Waals surface area contributed by atoms with Crippen molar-refractivity contribution in [1.29, 1.82) is 0 Å². The zero-order chi connectivity index (χ0) is 11.6. The molecule has 1 unspecified atom stereocenters. The van der Waals surface area contributed by atoms with Crippen LogP contribution in [0.15, 0.2) is 0 Å². The molecule has 1 N–H and O–H groups in total. The molecular formula is C14H28N2. The van der Waals surface area contributed by atoms with Crippen molar-refractivity contribution < 1.29 is 0 Å². The summed E-state index contributed by atoms with van der Waals surface area (Å²) in [6, 6.07) is 0.771. The Morgan fingerprint density at radius 3 is 2.62 bits per heavy atom. The molecule has 0 aromatic carbocycles. The number of hydrogen-bond donors (Lipinski definition) is 1. The summed E-state index contributed by atoms with van der Waals surface area (Å²) in [5, 5.41) is 3.66. The molecule has 1 saturated carbocycles. The van der Waals surface area contributed by atoms with Gasteiger partial charge in [-0.3, -0.25) is 4.90 Å². The van der Waals surface area contributed by atoms with Crippen molar-refractivity contribution in [1.82, 2.24) is 10.2 Å². The molecule has 2 nitrogen and oxygen atoms in total. The van der Waals surface area contributed by atoms with Crippen molar-refractivity contribution in [3.63, 3.8) is 0 Å². The third-order valence-electron chi connectivity index (χ3n) is 4.45. The van der Waals surface area contributed by atoms with Crippen LogP contribution in [0.1, 0.15) is 52.9 Å². The number of piperazine rings is 1. The van der Waals surface area contributed by atoms with Crippen LogP contribution in [-0.4, -0.2) is 36.1 Å². The fourth-order valence-electron chi connectivity index (χ4n) is 3.01. The SMILES string of the molecule is CCC1CNC(C)(C)CN1CCC1CCC1. The highest BCUT2D eigenvalue weighted by Gasteiger charge is 2.31. The van der Waals surface area contributed by atoms with Crippen LogP contribution >= 0.6 is 0 Å². The van der Waals surface area contributed by atoms with Gasteiger partial charge in [-0.25, -0.2) is 0 Å². The second-order valence-electron chi connectivity index (χ2n) is 6.38. The van der Waals surface area contributed by atoms with E-state index in [0.29, 0.717) is 5.54 Å². The Balaban J connectivity index is 1.82. The molecule has 16 heavy (non-hydrogen) atoms. The largest absolute Gasteiger partial charge is 0.309 e. The second-order valence-corrected chi connectivity index (χ2v) is 6.38. The van der Waals surface area contributed by atoms with Crippen molar-refractivity contribution >= 4 is 0 Å².